The molecule has 0 radical (unpaired) electrons. The van der Waals surface area contributed by atoms with Gasteiger partial charge in [0, 0.05) is 0 Å². The van der Waals surface area contributed by atoms with Crippen molar-refractivity contribution in [3.63, 3.8) is 0 Å². The minimum Gasteiger partial charge on any atom is -0.482 e. The molecule has 0 fully saturated rings. The first-order chi connectivity index (χ1) is 9.84. The Morgan fingerprint density at radius 3 is 2.67 bits per heavy atom. The van der Waals surface area contributed by atoms with Crippen LogP contribution in [0.2, 0.25) is 5.02 Å². The van der Waals surface area contributed by atoms with E-state index in [0.717, 1.165) is 0 Å². The number of nitrogens with one attached hydrogen (secondary N) is 1. The summed E-state index contributed by atoms with van der Waals surface area (Å²) < 4.78 is 5.31. The highest BCUT2D eigenvalue weighted by Gasteiger charge is 2.30. The van der Waals surface area contributed by atoms with E-state index in [0.29, 0.717) is 0 Å². The number of amides is 1. The first-order valence-corrected chi connectivity index (χ1v) is 6.75. The Morgan fingerprint density at radius 1 is 1.48 bits per heavy atom. The Balaban J connectivity index is 2.74. The third kappa shape index (κ3) is 4.11. The van der Waals surface area contributed by atoms with E-state index in [1.807, 2.05) is 19.9 Å². The van der Waals surface area contributed by atoms with Gasteiger partial charge in [-0.15, -0.1) is 0 Å². The van der Waals surface area contributed by atoms with Gasteiger partial charge in [0.1, 0.15) is 22.9 Å². The van der Waals surface area contributed by atoms with Crippen LogP contribution in [0.3, 0.4) is 0 Å². The molecule has 1 amide bonds. The summed E-state index contributed by atoms with van der Waals surface area (Å²) in [6.07, 6.45) is 0. The lowest BCUT2D eigenvalue weighted by Crippen LogP contribution is -2.50. The van der Waals surface area contributed by atoms with Gasteiger partial charge in [0.15, 0.2) is 6.61 Å². The SMILES string of the molecule is CC(C)[C@@](C)(C#N)NC(=O)COc1cccc(Cl)c1C#N. The lowest BCUT2D eigenvalue weighted by Gasteiger charge is -2.27. The smallest absolute Gasteiger partial charge is 0.259 e. The molecular weight excluding hydrogens is 290 g/mol. The zero-order chi connectivity index (χ0) is 16.0. The van der Waals surface area contributed by atoms with Crippen LogP contribution in [0.5, 0.6) is 5.75 Å². The fraction of sp³-hybridized carbons (Fsp3) is 0.400. The number of benzene rings is 1. The largest absolute Gasteiger partial charge is 0.482 e. The number of hydrogen-bond donors (Lipinski definition) is 1. The van der Waals surface area contributed by atoms with Crippen LogP contribution in [0.15, 0.2) is 18.2 Å². The Hall–Kier alpha value is -2.24. The Bertz CT molecular complexity index is 616. The first kappa shape index (κ1) is 16.8. The van der Waals surface area contributed by atoms with Crippen molar-refractivity contribution in [3.8, 4) is 17.9 Å². The maximum Gasteiger partial charge on any atom is 0.259 e. The second kappa shape index (κ2) is 6.97. The van der Waals surface area contributed by atoms with E-state index >= 15 is 0 Å². The molecule has 1 aromatic rings. The Kier molecular flexibility index (Phi) is 5.58. The number of halogens is 1. The summed E-state index contributed by atoms with van der Waals surface area (Å²) in [6, 6.07) is 8.76. The van der Waals surface area contributed by atoms with Crippen molar-refractivity contribution in [1.29, 1.82) is 10.5 Å². The normalized spacial score (nSPS) is 12.9. The van der Waals surface area contributed by atoms with Crippen molar-refractivity contribution in [1.82, 2.24) is 5.32 Å². The molecule has 0 unspecified atom stereocenters. The fourth-order valence-electron chi connectivity index (χ4n) is 1.50. The lowest BCUT2D eigenvalue weighted by molar-refractivity contribution is -0.124. The van der Waals surface area contributed by atoms with Gasteiger partial charge in [-0.2, -0.15) is 10.5 Å². The maximum absolute atomic E-state index is 11.9. The summed E-state index contributed by atoms with van der Waals surface area (Å²) in [5.74, 6) is -0.243. The molecule has 5 nitrogen and oxygen atoms in total. The molecule has 0 spiro atoms. The van der Waals surface area contributed by atoms with Gasteiger partial charge < -0.3 is 10.1 Å². The molecule has 0 aliphatic heterocycles. The van der Waals surface area contributed by atoms with Gasteiger partial charge >= 0.3 is 0 Å². The van der Waals surface area contributed by atoms with E-state index in [1.165, 1.54) is 0 Å². The molecule has 21 heavy (non-hydrogen) atoms. The van der Waals surface area contributed by atoms with Crippen molar-refractivity contribution >= 4 is 17.5 Å². The van der Waals surface area contributed by atoms with Crippen LogP contribution in [0.1, 0.15) is 26.3 Å². The van der Waals surface area contributed by atoms with Crippen molar-refractivity contribution in [3.05, 3.63) is 28.8 Å². The molecule has 0 saturated carbocycles. The van der Waals surface area contributed by atoms with E-state index in [4.69, 9.17) is 26.9 Å². The standard InChI is InChI=1S/C15H16ClN3O2/c1-10(2)15(3,9-18)19-14(20)8-21-13-6-4-5-12(16)11(13)7-17/h4-6,10H,8H2,1-3H3,(H,19,20)/t15-/m1/s1. The Labute approximate surface area is 129 Å². The highest BCUT2D eigenvalue weighted by molar-refractivity contribution is 6.31. The zero-order valence-corrected chi connectivity index (χ0v) is 12.9. The second-order valence-corrected chi connectivity index (χ2v) is 5.44. The number of carbonyl (C=O) groups excluding carboxylic acids is 1. The van der Waals surface area contributed by atoms with Crippen LogP contribution in [0.25, 0.3) is 0 Å². The number of nitriles is 2. The maximum atomic E-state index is 11.9. The summed E-state index contributed by atoms with van der Waals surface area (Å²) in [4.78, 5) is 11.9. The molecule has 6 heteroatoms. The molecule has 110 valence electrons. The number of ether oxygens (including phenoxy) is 1. The van der Waals surface area contributed by atoms with Crippen molar-refractivity contribution in [2.24, 2.45) is 5.92 Å². The third-order valence-electron chi connectivity index (χ3n) is 3.23. The first-order valence-electron chi connectivity index (χ1n) is 6.37. The number of rotatable bonds is 5. The summed E-state index contributed by atoms with van der Waals surface area (Å²) in [5, 5.41) is 21.0. The Morgan fingerprint density at radius 2 is 2.14 bits per heavy atom. The van der Waals surface area contributed by atoms with Gasteiger partial charge in [-0.3, -0.25) is 4.79 Å². The topological polar surface area (TPSA) is 85.9 Å². The molecule has 0 heterocycles. The molecule has 0 saturated heterocycles. The van der Waals surface area contributed by atoms with Crippen LogP contribution >= 0.6 is 11.6 Å². The fourth-order valence-corrected chi connectivity index (χ4v) is 1.71. The van der Waals surface area contributed by atoms with Crippen LogP contribution in [0, 0.1) is 28.6 Å². The van der Waals surface area contributed by atoms with Crippen molar-refractivity contribution in [2.45, 2.75) is 26.3 Å². The molecule has 0 bridgehead atoms. The van der Waals surface area contributed by atoms with Gasteiger partial charge in [-0.1, -0.05) is 31.5 Å². The minimum absolute atomic E-state index is 0.0488. The van der Waals surface area contributed by atoms with Crippen LogP contribution in [0.4, 0.5) is 0 Å². The van der Waals surface area contributed by atoms with E-state index in [2.05, 4.69) is 11.4 Å². The second-order valence-electron chi connectivity index (χ2n) is 5.03. The average molecular weight is 306 g/mol. The van der Waals surface area contributed by atoms with E-state index in [1.54, 1.807) is 25.1 Å². The molecule has 1 atom stereocenters. The minimum atomic E-state index is -0.965. The van der Waals surface area contributed by atoms with Crippen molar-refractivity contribution < 1.29 is 9.53 Å². The molecular formula is C15H16ClN3O2. The molecule has 0 aliphatic carbocycles. The van der Waals surface area contributed by atoms with Gasteiger partial charge in [0.2, 0.25) is 0 Å². The van der Waals surface area contributed by atoms with E-state index < -0.39 is 11.4 Å². The highest BCUT2D eigenvalue weighted by atomic mass is 35.5. The lowest BCUT2D eigenvalue weighted by atomic mass is 9.90. The molecule has 1 N–H and O–H groups in total. The highest BCUT2D eigenvalue weighted by Crippen LogP contribution is 2.25. The number of carbonyl (C=O) groups is 1. The van der Waals surface area contributed by atoms with Crippen LogP contribution < -0.4 is 10.1 Å². The van der Waals surface area contributed by atoms with Crippen molar-refractivity contribution in [2.75, 3.05) is 6.61 Å². The molecule has 1 aromatic carbocycles. The predicted octanol–water partition coefficient (Wildman–Crippen LogP) is 2.64. The quantitative estimate of drug-likeness (QED) is 0.906. The monoisotopic (exact) mass is 305 g/mol. The third-order valence-corrected chi connectivity index (χ3v) is 3.55. The van der Waals surface area contributed by atoms with Gasteiger partial charge in [-0.25, -0.2) is 0 Å². The number of nitrogens with zero attached hydrogens (tertiary/aromatic N) is 2. The zero-order valence-electron chi connectivity index (χ0n) is 12.1. The summed E-state index contributed by atoms with van der Waals surface area (Å²) in [7, 11) is 0. The summed E-state index contributed by atoms with van der Waals surface area (Å²) >= 11 is 5.87. The van der Waals surface area contributed by atoms with Crippen LogP contribution in [-0.2, 0) is 4.79 Å². The average Bonchev–Trinajstić information content (AvgIpc) is 2.44. The van der Waals surface area contributed by atoms with E-state index in [-0.39, 0.29) is 28.9 Å². The van der Waals surface area contributed by atoms with E-state index in [9.17, 15) is 4.79 Å². The molecule has 0 aliphatic rings. The molecule has 0 aromatic heterocycles. The van der Waals surface area contributed by atoms with Gasteiger partial charge in [-0.05, 0) is 25.0 Å². The molecule has 1 rings (SSSR count). The van der Waals surface area contributed by atoms with Gasteiger partial charge in [0.25, 0.3) is 5.91 Å². The van der Waals surface area contributed by atoms with Crippen LogP contribution in [-0.4, -0.2) is 18.1 Å². The number of hydrogen-bond acceptors (Lipinski definition) is 4. The van der Waals surface area contributed by atoms with Gasteiger partial charge in [0.05, 0.1) is 11.1 Å². The predicted molar refractivity (Wildman–Crippen MR) is 78.7 cm³/mol. The summed E-state index contributed by atoms with van der Waals surface area (Å²) in [5.41, 5.74) is -0.786. The summed E-state index contributed by atoms with van der Waals surface area (Å²) in [6.45, 7) is 5.04.